The number of aliphatic imine (C=N–C) groups is 1. The van der Waals surface area contributed by atoms with E-state index in [0.29, 0.717) is 0 Å². The van der Waals surface area contributed by atoms with Crippen molar-refractivity contribution < 1.29 is 0 Å². The molecule has 4 heteroatoms. The number of likely N-dealkylation sites (N-methyl/N-ethyl adjacent to an activating group) is 1. The Morgan fingerprint density at radius 3 is 2.52 bits per heavy atom. The highest BCUT2D eigenvalue weighted by Gasteiger charge is 2.25. The maximum atomic E-state index is 6.43. The fraction of sp³-hybridized carbons (Fsp3) is 0.316. The number of aryl methyl sites for hydroxylation is 1. The molecule has 2 aromatic carbocycles. The summed E-state index contributed by atoms with van der Waals surface area (Å²) in [6.45, 7) is 2.19. The number of rotatable bonds is 2. The molecule has 0 radical (unpaired) electrons. The van der Waals surface area contributed by atoms with E-state index in [0.717, 1.165) is 29.3 Å². The summed E-state index contributed by atoms with van der Waals surface area (Å²) in [6, 6.07) is 14.7. The minimum atomic E-state index is -0.0132. The van der Waals surface area contributed by atoms with Crippen LogP contribution in [0.1, 0.15) is 35.2 Å². The Hall–Kier alpha value is -1.51. The summed E-state index contributed by atoms with van der Waals surface area (Å²) in [7, 11) is 4.11. The van der Waals surface area contributed by atoms with E-state index in [2.05, 4.69) is 50.2 Å². The van der Waals surface area contributed by atoms with Crippen molar-refractivity contribution in [1.29, 1.82) is 0 Å². The first-order valence-electron chi connectivity index (χ1n) is 7.70. The van der Waals surface area contributed by atoms with Gasteiger partial charge >= 0.3 is 0 Å². The first kappa shape index (κ1) is 17.8. The third-order valence-corrected chi connectivity index (χ3v) is 4.60. The molecular formula is C19H22Cl2N2. The Morgan fingerprint density at radius 1 is 1.13 bits per heavy atom. The zero-order chi connectivity index (χ0) is 15.7. The van der Waals surface area contributed by atoms with Crippen LogP contribution in [0.15, 0.2) is 47.5 Å². The monoisotopic (exact) mass is 348 g/mol. The number of hydrogen-bond acceptors (Lipinski definition) is 2. The molecule has 0 amide bonds. The molecule has 0 saturated carbocycles. The van der Waals surface area contributed by atoms with Gasteiger partial charge in [0, 0.05) is 25.5 Å². The molecule has 23 heavy (non-hydrogen) atoms. The Morgan fingerprint density at radius 2 is 1.87 bits per heavy atom. The highest BCUT2D eigenvalue weighted by molar-refractivity contribution is 6.31. The Bertz CT molecular complexity index is 723. The van der Waals surface area contributed by atoms with Gasteiger partial charge in [-0.05, 0) is 34.7 Å². The summed E-state index contributed by atoms with van der Waals surface area (Å²) >= 11 is 6.43. The van der Waals surface area contributed by atoms with Crippen LogP contribution in [0.3, 0.4) is 0 Å². The number of nitrogens with zero attached hydrogens (tertiary/aromatic N) is 2. The summed E-state index contributed by atoms with van der Waals surface area (Å²) in [5.41, 5.74) is 5.09. The zero-order valence-electron chi connectivity index (χ0n) is 13.7. The van der Waals surface area contributed by atoms with Crippen LogP contribution >= 0.6 is 24.0 Å². The number of fused-ring (bicyclic) bond motifs is 1. The molecule has 0 N–H and O–H groups in total. The fourth-order valence-electron chi connectivity index (χ4n) is 2.94. The average molecular weight is 349 g/mol. The van der Waals surface area contributed by atoms with Crippen molar-refractivity contribution in [3.8, 4) is 0 Å². The van der Waals surface area contributed by atoms with Crippen molar-refractivity contribution in [2.75, 3.05) is 14.1 Å². The van der Waals surface area contributed by atoms with Crippen LogP contribution in [-0.4, -0.2) is 24.8 Å². The molecule has 0 fully saturated rings. The zero-order valence-corrected chi connectivity index (χ0v) is 15.3. The third-order valence-electron chi connectivity index (χ3n) is 4.25. The average Bonchev–Trinajstić information content (AvgIpc) is 2.53. The molecule has 0 aliphatic carbocycles. The standard InChI is InChI=1S/C19H21ClN2.ClH/c1-4-13-9-10-15-14(11-13)12-18(22(2)3)21-19(15)16-7-5-6-8-17(16)20;/h5-11,19H,4,12H2,1-3H3;1H. The summed E-state index contributed by atoms with van der Waals surface area (Å²) in [4.78, 5) is 7.07. The fourth-order valence-corrected chi connectivity index (χ4v) is 3.18. The van der Waals surface area contributed by atoms with Crippen LogP contribution < -0.4 is 0 Å². The first-order valence-corrected chi connectivity index (χ1v) is 8.08. The minimum Gasteiger partial charge on any atom is -0.366 e. The molecule has 0 spiro atoms. The van der Waals surface area contributed by atoms with Gasteiger partial charge in [-0.3, -0.25) is 4.99 Å². The Kier molecular flexibility index (Phi) is 5.72. The van der Waals surface area contributed by atoms with E-state index in [9.17, 15) is 0 Å². The number of halogens is 2. The second-order valence-electron chi connectivity index (χ2n) is 5.93. The van der Waals surface area contributed by atoms with Crippen LogP contribution in [0, 0.1) is 0 Å². The number of hydrogen-bond donors (Lipinski definition) is 0. The number of amidine groups is 1. The molecule has 0 bridgehead atoms. The molecule has 1 unspecified atom stereocenters. The minimum absolute atomic E-state index is 0. The predicted molar refractivity (Wildman–Crippen MR) is 101 cm³/mol. The van der Waals surface area contributed by atoms with Crippen LogP contribution in [0.25, 0.3) is 0 Å². The van der Waals surface area contributed by atoms with Gasteiger partial charge in [0.15, 0.2) is 0 Å². The van der Waals surface area contributed by atoms with E-state index in [4.69, 9.17) is 16.6 Å². The van der Waals surface area contributed by atoms with Gasteiger partial charge in [0.25, 0.3) is 0 Å². The van der Waals surface area contributed by atoms with Gasteiger partial charge in [0.1, 0.15) is 11.9 Å². The van der Waals surface area contributed by atoms with E-state index in [1.807, 2.05) is 18.2 Å². The summed E-state index contributed by atoms with van der Waals surface area (Å²) in [5, 5.41) is 0.779. The molecule has 0 aromatic heterocycles. The van der Waals surface area contributed by atoms with E-state index >= 15 is 0 Å². The van der Waals surface area contributed by atoms with E-state index < -0.39 is 0 Å². The Labute approximate surface area is 149 Å². The van der Waals surface area contributed by atoms with Crippen molar-refractivity contribution in [3.63, 3.8) is 0 Å². The van der Waals surface area contributed by atoms with Gasteiger partial charge in [-0.1, -0.05) is 54.9 Å². The molecule has 1 aliphatic heterocycles. The van der Waals surface area contributed by atoms with Gasteiger partial charge in [0.05, 0.1) is 0 Å². The van der Waals surface area contributed by atoms with Gasteiger partial charge in [0.2, 0.25) is 0 Å². The quantitative estimate of drug-likeness (QED) is 0.751. The maximum absolute atomic E-state index is 6.43. The summed E-state index contributed by atoms with van der Waals surface area (Å²) in [6.07, 6.45) is 1.94. The van der Waals surface area contributed by atoms with Gasteiger partial charge in [-0.15, -0.1) is 12.4 Å². The highest BCUT2D eigenvalue weighted by atomic mass is 35.5. The van der Waals surface area contributed by atoms with E-state index in [1.165, 1.54) is 16.7 Å². The Balaban J connectivity index is 0.00000192. The first-order chi connectivity index (χ1) is 10.6. The SMILES string of the molecule is CCc1ccc2c(c1)CC(N(C)C)=NC2c1ccccc1Cl.Cl. The van der Waals surface area contributed by atoms with Crippen LogP contribution in [0.5, 0.6) is 0 Å². The normalized spacial score (nSPS) is 16.2. The molecule has 2 nitrogen and oxygen atoms in total. The summed E-state index contributed by atoms with van der Waals surface area (Å²) in [5.74, 6) is 1.10. The maximum Gasteiger partial charge on any atom is 0.104 e. The smallest absolute Gasteiger partial charge is 0.104 e. The summed E-state index contributed by atoms with van der Waals surface area (Å²) < 4.78 is 0. The van der Waals surface area contributed by atoms with Crippen LogP contribution in [0.4, 0.5) is 0 Å². The highest BCUT2D eigenvalue weighted by Crippen LogP contribution is 2.36. The molecule has 122 valence electrons. The molecule has 2 aromatic rings. The second kappa shape index (κ2) is 7.37. The molecule has 0 saturated heterocycles. The molecule has 1 heterocycles. The van der Waals surface area contributed by atoms with Crippen LogP contribution in [0.2, 0.25) is 5.02 Å². The van der Waals surface area contributed by atoms with Crippen molar-refractivity contribution in [1.82, 2.24) is 4.90 Å². The van der Waals surface area contributed by atoms with Crippen molar-refractivity contribution in [3.05, 3.63) is 69.7 Å². The molecule has 3 rings (SSSR count). The largest absolute Gasteiger partial charge is 0.366 e. The molecule has 1 atom stereocenters. The lowest BCUT2D eigenvalue weighted by Crippen LogP contribution is -2.29. The predicted octanol–water partition coefficient (Wildman–Crippen LogP) is 4.93. The van der Waals surface area contributed by atoms with Gasteiger partial charge < -0.3 is 4.90 Å². The molecular weight excluding hydrogens is 327 g/mol. The van der Waals surface area contributed by atoms with Crippen molar-refractivity contribution in [2.45, 2.75) is 25.8 Å². The van der Waals surface area contributed by atoms with E-state index in [1.54, 1.807) is 0 Å². The van der Waals surface area contributed by atoms with Gasteiger partial charge in [-0.2, -0.15) is 0 Å². The lowest BCUT2D eigenvalue weighted by molar-refractivity contribution is 0.591. The second-order valence-corrected chi connectivity index (χ2v) is 6.33. The van der Waals surface area contributed by atoms with Crippen LogP contribution in [-0.2, 0) is 12.8 Å². The lowest BCUT2D eigenvalue weighted by atomic mass is 9.89. The third kappa shape index (κ3) is 3.54. The molecule has 1 aliphatic rings. The number of benzene rings is 2. The van der Waals surface area contributed by atoms with Crippen molar-refractivity contribution in [2.24, 2.45) is 4.99 Å². The lowest BCUT2D eigenvalue weighted by Gasteiger charge is -2.28. The topological polar surface area (TPSA) is 15.6 Å². The van der Waals surface area contributed by atoms with Crippen molar-refractivity contribution >= 4 is 29.8 Å². The van der Waals surface area contributed by atoms with Gasteiger partial charge in [-0.25, -0.2) is 0 Å². The van der Waals surface area contributed by atoms with E-state index in [-0.39, 0.29) is 18.4 Å².